The zero-order valence-corrected chi connectivity index (χ0v) is 18.3. The van der Waals surface area contributed by atoms with Crippen LogP contribution >= 0.6 is 23.4 Å². The highest BCUT2D eigenvalue weighted by Crippen LogP contribution is 2.50. The van der Waals surface area contributed by atoms with E-state index in [9.17, 15) is 18.8 Å². The minimum Gasteiger partial charge on any atom is -0.345 e. The van der Waals surface area contributed by atoms with Gasteiger partial charge in [-0.2, -0.15) is 0 Å². The fourth-order valence-electron chi connectivity index (χ4n) is 3.08. The SMILES string of the molecule is CC1=C(C(=O)C(=O)NC(C)(C)C)SC(C)(C)C1C(=O)Nc1ccc(F)c(Cl)c1. The topological polar surface area (TPSA) is 75.3 Å². The van der Waals surface area contributed by atoms with E-state index in [4.69, 9.17) is 11.6 Å². The number of amides is 2. The Morgan fingerprint density at radius 2 is 1.82 bits per heavy atom. The van der Waals surface area contributed by atoms with Crippen molar-refractivity contribution in [2.75, 3.05) is 5.32 Å². The summed E-state index contributed by atoms with van der Waals surface area (Å²) in [5.74, 6) is -2.91. The van der Waals surface area contributed by atoms with Crippen LogP contribution in [-0.2, 0) is 14.4 Å². The molecule has 5 nitrogen and oxygen atoms in total. The van der Waals surface area contributed by atoms with E-state index >= 15 is 0 Å². The molecule has 0 fully saturated rings. The molecule has 1 aromatic carbocycles. The van der Waals surface area contributed by atoms with Crippen molar-refractivity contribution in [3.05, 3.63) is 39.5 Å². The second-order valence-corrected chi connectivity index (χ2v) is 10.4. The highest BCUT2D eigenvalue weighted by Gasteiger charge is 2.47. The van der Waals surface area contributed by atoms with E-state index in [1.165, 1.54) is 30.0 Å². The number of nitrogens with one attached hydrogen (secondary N) is 2. The summed E-state index contributed by atoms with van der Waals surface area (Å²) in [6, 6.07) is 3.91. The van der Waals surface area contributed by atoms with Gasteiger partial charge in [-0.05, 0) is 65.3 Å². The van der Waals surface area contributed by atoms with Gasteiger partial charge in [-0.15, -0.1) is 11.8 Å². The number of rotatable bonds is 4. The minimum atomic E-state index is -0.698. The Morgan fingerprint density at radius 3 is 2.36 bits per heavy atom. The summed E-state index contributed by atoms with van der Waals surface area (Å²) in [7, 11) is 0. The first kappa shape index (κ1) is 22.4. The quantitative estimate of drug-likeness (QED) is 0.703. The molecule has 1 aliphatic rings. The fourth-order valence-corrected chi connectivity index (χ4v) is 4.65. The molecule has 1 atom stereocenters. The number of benzene rings is 1. The lowest BCUT2D eigenvalue weighted by Crippen LogP contribution is -2.44. The Bertz CT molecular complexity index is 875. The van der Waals surface area contributed by atoms with E-state index in [1.807, 2.05) is 13.8 Å². The number of hydrogen-bond donors (Lipinski definition) is 2. The molecule has 2 N–H and O–H groups in total. The maximum atomic E-state index is 13.3. The predicted molar refractivity (Wildman–Crippen MR) is 111 cm³/mol. The predicted octanol–water partition coefficient (Wildman–Crippen LogP) is 4.32. The standard InChI is InChI=1S/C20H24ClFN2O3S/c1-10-14(17(26)23-11-7-8-13(22)12(21)9-11)20(5,6)28-16(10)15(25)18(27)24-19(2,3)4/h7-9,14H,1-6H3,(H,23,26)(H,24,27). The Hall–Kier alpha value is -1.86. The van der Waals surface area contributed by atoms with Gasteiger partial charge in [0.1, 0.15) is 5.82 Å². The first-order chi connectivity index (χ1) is 12.7. The molecule has 0 aromatic heterocycles. The largest absolute Gasteiger partial charge is 0.345 e. The minimum absolute atomic E-state index is 0.0974. The van der Waals surface area contributed by atoms with E-state index in [2.05, 4.69) is 10.6 Å². The van der Waals surface area contributed by atoms with E-state index < -0.39 is 33.7 Å². The number of ketones is 1. The maximum absolute atomic E-state index is 13.3. The van der Waals surface area contributed by atoms with Gasteiger partial charge in [0, 0.05) is 16.0 Å². The van der Waals surface area contributed by atoms with Crippen LogP contribution in [0.25, 0.3) is 0 Å². The zero-order valence-electron chi connectivity index (χ0n) is 16.7. The molecule has 0 bridgehead atoms. The van der Waals surface area contributed by atoms with Crippen molar-refractivity contribution in [3.8, 4) is 0 Å². The van der Waals surface area contributed by atoms with Gasteiger partial charge >= 0.3 is 0 Å². The Balaban J connectivity index is 2.27. The van der Waals surface area contributed by atoms with Crippen molar-refractivity contribution in [2.24, 2.45) is 5.92 Å². The summed E-state index contributed by atoms with van der Waals surface area (Å²) >= 11 is 6.98. The molecule has 0 spiro atoms. The molecule has 28 heavy (non-hydrogen) atoms. The first-order valence-electron chi connectivity index (χ1n) is 8.75. The highest BCUT2D eigenvalue weighted by atomic mass is 35.5. The smallest absolute Gasteiger partial charge is 0.293 e. The molecule has 0 saturated carbocycles. The number of anilines is 1. The van der Waals surface area contributed by atoms with Crippen LogP contribution in [0, 0.1) is 11.7 Å². The molecule has 0 aliphatic carbocycles. The van der Waals surface area contributed by atoms with Crippen molar-refractivity contribution in [2.45, 2.75) is 51.8 Å². The van der Waals surface area contributed by atoms with E-state index in [-0.39, 0.29) is 15.8 Å². The molecule has 2 rings (SSSR count). The normalized spacial score (nSPS) is 18.8. The Labute approximate surface area is 173 Å². The molecule has 1 heterocycles. The van der Waals surface area contributed by atoms with Crippen LogP contribution in [0.4, 0.5) is 10.1 Å². The van der Waals surface area contributed by atoms with Crippen LogP contribution in [0.5, 0.6) is 0 Å². The van der Waals surface area contributed by atoms with Gasteiger partial charge in [0.15, 0.2) is 0 Å². The number of carbonyl (C=O) groups excluding carboxylic acids is 3. The van der Waals surface area contributed by atoms with E-state index in [0.717, 1.165) is 0 Å². The fraction of sp³-hybridized carbons (Fsp3) is 0.450. The summed E-state index contributed by atoms with van der Waals surface area (Å²) in [6.07, 6.45) is 0. The lowest BCUT2D eigenvalue weighted by atomic mass is 9.87. The monoisotopic (exact) mass is 426 g/mol. The number of carbonyl (C=O) groups is 3. The number of halogens is 2. The Morgan fingerprint density at radius 1 is 1.21 bits per heavy atom. The third kappa shape index (κ3) is 4.94. The third-order valence-corrected chi connectivity index (χ3v) is 5.96. The van der Waals surface area contributed by atoms with Crippen LogP contribution in [0.3, 0.4) is 0 Å². The number of thioether (sulfide) groups is 1. The van der Waals surface area contributed by atoms with Gasteiger partial charge in [0.25, 0.3) is 11.7 Å². The van der Waals surface area contributed by atoms with Crippen LogP contribution in [-0.4, -0.2) is 27.9 Å². The molecule has 0 radical (unpaired) electrons. The molecule has 8 heteroatoms. The lowest BCUT2D eigenvalue weighted by Gasteiger charge is -2.26. The molecular formula is C20H24ClFN2O3S. The molecule has 1 unspecified atom stereocenters. The van der Waals surface area contributed by atoms with Crippen LogP contribution in [0.2, 0.25) is 5.02 Å². The zero-order chi connectivity index (χ0) is 21.4. The van der Waals surface area contributed by atoms with Crippen LogP contribution in [0.15, 0.2) is 28.7 Å². The third-order valence-electron chi connectivity index (χ3n) is 4.20. The van der Waals surface area contributed by atoms with Gasteiger partial charge in [0.2, 0.25) is 5.91 Å². The highest BCUT2D eigenvalue weighted by molar-refractivity contribution is 8.05. The summed E-state index contributed by atoms with van der Waals surface area (Å²) in [6.45, 7) is 10.7. The summed E-state index contributed by atoms with van der Waals surface area (Å²) in [5.41, 5.74) is 0.351. The molecular weight excluding hydrogens is 403 g/mol. The van der Waals surface area contributed by atoms with E-state index in [0.29, 0.717) is 11.3 Å². The van der Waals surface area contributed by atoms with Gasteiger partial charge in [0.05, 0.1) is 15.8 Å². The van der Waals surface area contributed by atoms with Crippen molar-refractivity contribution in [1.82, 2.24) is 5.32 Å². The van der Waals surface area contributed by atoms with Crippen molar-refractivity contribution in [3.63, 3.8) is 0 Å². The van der Waals surface area contributed by atoms with Crippen LogP contribution < -0.4 is 10.6 Å². The lowest BCUT2D eigenvalue weighted by molar-refractivity contribution is -0.136. The summed E-state index contributed by atoms with van der Waals surface area (Å²) in [5, 5.41) is 5.27. The number of Topliss-reactive ketones (excluding diaryl/α,β-unsaturated/α-hetero) is 1. The maximum Gasteiger partial charge on any atom is 0.293 e. The van der Waals surface area contributed by atoms with E-state index in [1.54, 1.807) is 27.7 Å². The molecule has 2 amide bonds. The van der Waals surface area contributed by atoms with Gasteiger partial charge < -0.3 is 10.6 Å². The molecule has 1 aromatic rings. The van der Waals surface area contributed by atoms with Gasteiger partial charge in [-0.1, -0.05) is 11.6 Å². The average Bonchev–Trinajstić information content (AvgIpc) is 2.77. The van der Waals surface area contributed by atoms with Crippen molar-refractivity contribution < 1.29 is 18.8 Å². The molecule has 0 saturated heterocycles. The van der Waals surface area contributed by atoms with Crippen molar-refractivity contribution in [1.29, 1.82) is 0 Å². The van der Waals surface area contributed by atoms with Gasteiger partial charge in [-0.3, -0.25) is 14.4 Å². The van der Waals surface area contributed by atoms with Crippen LogP contribution in [0.1, 0.15) is 41.5 Å². The van der Waals surface area contributed by atoms with Crippen molar-refractivity contribution >= 4 is 46.6 Å². The Kier molecular flexibility index (Phi) is 6.31. The molecule has 1 aliphatic heterocycles. The van der Waals surface area contributed by atoms with Gasteiger partial charge in [-0.25, -0.2) is 4.39 Å². The first-order valence-corrected chi connectivity index (χ1v) is 9.95. The summed E-state index contributed by atoms with van der Waals surface area (Å²) in [4.78, 5) is 38.1. The molecule has 152 valence electrons. The summed E-state index contributed by atoms with van der Waals surface area (Å²) < 4.78 is 12.7. The second kappa shape index (κ2) is 7.87. The second-order valence-electron chi connectivity index (χ2n) is 8.30. The number of hydrogen-bond acceptors (Lipinski definition) is 4. The average molecular weight is 427 g/mol.